The van der Waals surface area contributed by atoms with E-state index in [4.69, 9.17) is 0 Å². The summed E-state index contributed by atoms with van der Waals surface area (Å²) in [5.74, 6) is 0.639. The summed E-state index contributed by atoms with van der Waals surface area (Å²) in [5.41, 5.74) is 4.50. The molecular weight excluding hydrogens is 322 g/mol. The molecule has 2 unspecified atom stereocenters. The van der Waals surface area contributed by atoms with Crippen molar-refractivity contribution in [1.82, 2.24) is 5.32 Å². The molecule has 0 saturated carbocycles. The summed E-state index contributed by atoms with van der Waals surface area (Å²) in [4.78, 5) is 0. The molecule has 0 aromatic heterocycles. The van der Waals surface area contributed by atoms with Crippen molar-refractivity contribution in [2.24, 2.45) is 0 Å². The molecule has 0 aliphatic heterocycles. The van der Waals surface area contributed by atoms with Gasteiger partial charge in [-0.2, -0.15) is 0 Å². The zero-order valence-electron chi connectivity index (χ0n) is 12.5. The summed E-state index contributed by atoms with van der Waals surface area (Å²) in [7, 11) is 0. The Morgan fingerprint density at radius 2 is 2.05 bits per heavy atom. The zero-order valence-corrected chi connectivity index (χ0v) is 14.1. The molecule has 21 heavy (non-hydrogen) atoms. The van der Waals surface area contributed by atoms with Gasteiger partial charge in [-0.05, 0) is 54.6 Å². The van der Waals surface area contributed by atoms with Crippen molar-refractivity contribution >= 4 is 15.9 Å². The first-order valence-corrected chi connectivity index (χ1v) is 8.63. The number of aryl methyl sites for hydroxylation is 1. The van der Waals surface area contributed by atoms with Crippen molar-refractivity contribution in [1.29, 1.82) is 0 Å². The van der Waals surface area contributed by atoms with E-state index in [9.17, 15) is 0 Å². The van der Waals surface area contributed by atoms with Crippen LogP contribution in [0.25, 0.3) is 0 Å². The Balaban J connectivity index is 1.82. The van der Waals surface area contributed by atoms with Crippen LogP contribution in [-0.2, 0) is 12.8 Å². The molecule has 0 saturated heterocycles. The van der Waals surface area contributed by atoms with Gasteiger partial charge in [-0.3, -0.25) is 0 Å². The minimum absolute atomic E-state index is 0.521. The fourth-order valence-electron chi connectivity index (χ4n) is 3.54. The van der Waals surface area contributed by atoms with Gasteiger partial charge in [0, 0.05) is 16.4 Å². The third kappa shape index (κ3) is 3.38. The summed E-state index contributed by atoms with van der Waals surface area (Å²) in [5, 5.41) is 3.72. The van der Waals surface area contributed by atoms with Gasteiger partial charge in [0.1, 0.15) is 0 Å². The fraction of sp³-hybridized carbons (Fsp3) is 0.368. The van der Waals surface area contributed by atoms with E-state index in [1.165, 1.54) is 22.9 Å². The minimum atomic E-state index is 0.521. The van der Waals surface area contributed by atoms with Crippen molar-refractivity contribution in [3.8, 4) is 0 Å². The van der Waals surface area contributed by atoms with Crippen LogP contribution < -0.4 is 5.32 Å². The fourth-order valence-corrected chi connectivity index (χ4v) is 3.99. The largest absolute Gasteiger partial charge is 0.313 e. The van der Waals surface area contributed by atoms with E-state index in [0.717, 1.165) is 13.0 Å². The molecule has 1 aliphatic rings. The Kier molecular flexibility index (Phi) is 4.77. The smallest absolute Gasteiger partial charge is 0.0178 e. The second-order valence-corrected chi connectivity index (χ2v) is 6.76. The molecule has 2 aromatic carbocycles. The molecule has 0 radical (unpaired) electrons. The molecule has 0 amide bonds. The van der Waals surface area contributed by atoms with Gasteiger partial charge < -0.3 is 5.32 Å². The summed E-state index contributed by atoms with van der Waals surface area (Å²) in [6.07, 6.45) is 3.58. The maximum atomic E-state index is 3.72. The number of hydrogen-bond acceptors (Lipinski definition) is 1. The first-order chi connectivity index (χ1) is 10.3. The van der Waals surface area contributed by atoms with Gasteiger partial charge in [0.2, 0.25) is 0 Å². The Labute approximate surface area is 135 Å². The van der Waals surface area contributed by atoms with Gasteiger partial charge >= 0.3 is 0 Å². The van der Waals surface area contributed by atoms with Crippen LogP contribution in [0.2, 0.25) is 0 Å². The van der Waals surface area contributed by atoms with Crippen molar-refractivity contribution in [3.63, 3.8) is 0 Å². The number of hydrogen-bond donors (Lipinski definition) is 1. The molecule has 1 N–H and O–H groups in total. The van der Waals surface area contributed by atoms with Crippen LogP contribution in [0.5, 0.6) is 0 Å². The summed E-state index contributed by atoms with van der Waals surface area (Å²) >= 11 is 3.58. The van der Waals surface area contributed by atoms with Crippen molar-refractivity contribution in [2.75, 3.05) is 6.54 Å². The highest BCUT2D eigenvalue weighted by molar-refractivity contribution is 9.10. The monoisotopic (exact) mass is 343 g/mol. The van der Waals surface area contributed by atoms with E-state index < -0.39 is 0 Å². The molecule has 1 aliphatic carbocycles. The average molecular weight is 344 g/mol. The Morgan fingerprint density at radius 3 is 2.86 bits per heavy atom. The second-order valence-electron chi connectivity index (χ2n) is 5.84. The number of benzene rings is 2. The zero-order chi connectivity index (χ0) is 14.7. The predicted octanol–water partition coefficient (Wildman–Crippen LogP) is 4.70. The lowest BCUT2D eigenvalue weighted by molar-refractivity contribution is 0.435. The van der Waals surface area contributed by atoms with Gasteiger partial charge in [-0.15, -0.1) is 0 Å². The summed E-state index contributed by atoms with van der Waals surface area (Å²) < 4.78 is 1.17. The quantitative estimate of drug-likeness (QED) is 0.829. The van der Waals surface area contributed by atoms with Crippen LogP contribution in [0.4, 0.5) is 0 Å². The van der Waals surface area contributed by atoms with Gasteiger partial charge in [0.25, 0.3) is 0 Å². The SMILES string of the molecule is CCNC(Cc1cccc(Br)c1)C1CCc2ccccc21. The number of nitrogens with one attached hydrogen (secondary N) is 1. The molecule has 3 rings (SSSR count). The molecule has 1 nitrogen and oxygen atoms in total. The van der Waals surface area contributed by atoms with E-state index in [-0.39, 0.29) is 0 Å². The topological polar surface area (TPSA) is 12.0 Å². The molecule has 0 spiro atoms. The van der Waals surface area contributed by atoms with E-state index in [1.54, 1.807) is 11.1 Å². The lowest BCUT2D eigenvalue weighted by Crippen LogP contribution is -2.36. The second kappa shape index (κ2) is 6.76. The van der Waals surface area contributed by atoms with Gasteiger partial charge in [-0.1, -0.05) is 59.3 Å². The lowest BCUT2D eigenvalue weighted by Gasteiger charge is -2.25. The number of likely N-dealkylation sites (N-methyl/N-ethyl adjacent to an activating group) is 1. The van der Waals surface area contributed by atoms with E-state index in [1.807, 2.05) is 0 Å². The maximum absolute atomic E-state index is 3.72. The van der Waals surface area contributed by atoms with Crippen LogP contribution in [0.3, 0.4) is 0 Å². The van der Waals surface area contributed by atoms with Crippen molar-refractivity contribution < 1.29 is 0 Å². The van der Waals surface area contributed by atoms with Crippen molar-refractivity contribution in [2.45, 2.75) is 38.1 Å². The summed E-state index contributed by atoms with van der Waals surface area (Å²) in [6, 6.07) is 18.2. The number of rotatable bonds is 5. The van der Waals surface area contributed by atoms with Crippen LogP contribution in [0.15, 0.2) is 53.0 Å². The third-order valence-electron chi connectivity index (χ3n) is 4.48. The molecule has 0 fully saturated rings. The molecule has 0 heterocycles. The standard InChI is InChI=1S/C19H22BrN/c1-2-21-19(13-14-6-5-8-16(20)12-14)18-11-10-15-7-3-4-9-17(15)18/h3-9,12,18-19,21H,2,10-11,13H2,1H3. The van der Waals surface area contributed by atoms with Crippen LogP contribution in [0, 0.1) is 0 Å². The Morgan fingerprint density at radius 1 is 1.19 bits per heavy atom. The lowest BCUT2D eigenvalue weighted by atomic mass is 9.89. The molecule has 110 valence electrons. The Bertz CT molecular complexity index is 608. The van der Waals surface area contributed by atoms with Gasteiger partial charge in [0.05, 0.1) is 0 Å². The molecule has 2 atom stereocenters. The molecular formula is C19H22BrN. The number of halogens is 1. The highest BCUT2D eigenvalue weighted by Gasteiger charge is 2.29. The van der Waals surface area contributed by atoms with E-state index in [2.05, 4.69) is 76.7 Å². The van der Waals surface area contributed by atoms with Gasteiger partial charge in [0.15, 0.2) is 0 Å². The number of fused-ring (bicyclic) bond motifs is 1. The van der Waals surface area contributed by atoms with E-state index >= 15 is 0 Å². The predicted molar refractivity (Wildman–Crippen MR) is 92.8 cm³/mol. The average Bonchev–Trinajstić information content (AvgIpc) is 2.91. The molecule has 2 heteroatoms. The van der Waals surface area contributed by atoms with Crippen molar-refractivity contribution in [3.05, 3.63) is 69.7 Å². The Hall–Kier alpha value is -1.12. The first kappa shape index (κ1) is 14.8. The highest BCUT2D eigenvalue weighted by atomic mass is 79.9. The molecule has 0 bridgehead atoms. The normalized spacial score (nSPS) is 18.5. The van der Waals surface area contributed by atoms with Crippen LogP contribution >= 0.6 is 15.9 Å². The van der Waals surface area contributed by atoms with E-state index in [0.29, 0.717) is 12.0 Å². The first-order valence-electron chi connectivity index (χ1n) is 7.83. The van der Waals surface area contributed by atoms with Crippen LogP contribution in [0.1, 0.15) is 36.0 Å². The molecule has 2 aromatic rings. The highest BCUT2D eigenvalue weighted by Crippen LogP contribution is 2.36. The maximum Gasteiger partial charge on any atom is 0.0178 e. The summed E-state index contributed by atoms with van der Waals surface area (Å²) in [6.45, 7) is 3.23. The van der Waals surface area contributed by atoms with Gasteiger partial charge in [-0.25, -0.2) is 0 Å². The third-order valence-corrected chi connectivity index (χ3v) is 4.97. The minimum Gasteiger partial charge on any atom is -0.313 e. The van der Waals surface area contributed by atoms with Crippen LogP contribution in [-0.4, -0.2) is 12.6 Å².